The summed E-state index contributed by atoms with van der Waals surface area (Å²) in [7, 11) is 0. The maximum atomic E-state index is 11.8. The second kappa shape index (κ2) is 5.04. The normalized spacial score (nSPS) is 29.9. The highest BCUT2D eigenvalue weighted by atomic mass is 16.4. The molecule has 0 bridgehead atoms. The minimum atomic E-state index is -0.842. The predicted molar refractivity (Wildman–Crippen MR) is 62.5 cm³/mol. The van der Waals surface area contributed by atoms with E-state index in [1.54, 1.807) is 0 Å². The van der Waals surface area contributed by atoms with Crippen LogP contribution in [0, 0.1) is 11.8 Å². The number of piperidine rings is 1. The Hall–Kier alpha value is -1.10. The number of rotatable bonds is 4. The van der Waals surface area contributed by atoms with Gasteiger partial charge in [0.2, 0.25) is 5.91 Å². The Labute approximate surface area is 101 Å². The van der Waals surface area contributed by atoms with Crippen LogP contribution in [0.3, 0.4) is 0 Å². The van der Waals surface area contributed by atoms with E-state index in [2.05, 4.69) is 17.1 Å². The number of likely N-dealkylation sites (tertiary alicyclic amines) is 1. The fourth-order valence-corrected chi connectivity index (χ4v) is 2.46. The largest absolute Gasteiger partial charge is 0.481 e. The first-order valence-corrected chi connectivity index (χ1v) is 6.37. The van der Waals surface area contributed by atoms with Gasteiger partial charge in [0.15, 0.2) is 0 Å². The van der Waals surface area contributed by atoms with Gasteiger partial charge in [-0.3, -0.25) is 9.59 Å². The van der Waals surface area contributed by atoms with Crippen LogP contribution >= 0.6 is 0 Å². The molecule has 2 unspecified atom stereocenters. The van der Waals surface area contributed by atoms with E-state index >= 15 is 0 Å². The first-order chi connectivity index (χ1) is 8.11. The Kier molecular flexibility index (Phi) is 3.66. The number of carbonyl (C=O) groups excluding carboxylic acids is 1. The van der Waals surface area contributed by atoms with Crippen molar-refractivity contribution >= 4 is 11.9 Å². The minimum Gasteiger partial charge on any atom is -0.481 e. The average molecular weight is 240 g/mol. The maximum absolute atomic E-state index is 11.8. The molecular weight excluding hydrogens is 220 g/mol. The van der Waals surface area contributed by atoms with Crippen LogP contribution in [0.25, 0.3) is 0 Å². The van der Waals surface area contributed by atoms with Crippen LogP contribution in [0.15, 0.2) is 0 Å². The molecule has 1 amide bonds. The van der Waals surface area contributed by atoms with E-state index in [0.717, 1.165) is 32.5 Å². The maximum Gasteiger partial charge on any atom is 0.307 e. The molecule has 2 fully saturated rings. The van der Waals surface area contributed by atoms with Gasteiger partial charge in [0.25, 0.3) is 0 Å². The zero-order chi connectivity index (χ0) is 12.4. The van der Waals surface area contributed by atoms with Gasteiger partial charge in [-0.1, -0.05) is 6.92 Å². The van der Waals surface area contributed by atoms with Crippen molar-refractivity contribution in [2.45, 2.75) is 32.2 Å². The van der Waals surface area contributed by atoms with E-state index in [1.807, 2.05) is 0 Å². The summed E-state index contributed by atoms with van der Waals surface area (Å²) in [5, 5.41) is 11.7. The number of carboxylic acid groups (broad SMARTS) is 1. The van der Waals surface area contributed by atoms with Gasteiger partial charge in [-0.2, -0.15) is 0 Å². The molecule has 0 aromatic carbocycles. The SMILES string of the molecule is CCN1CCC(NC(=O)C2CC2C(=O)O)CC1. The lowest BCUT2D eigenvalue weighted by atomic mass is 10.0. The minimum absolute atomic E-state index is 0.0626. The van der Waals surface area contributed by atoms with Crippen molar-refractivity contribution in [1.29, 1.82) is 0 Å². The summed E-state index contributed by atoms with van der Waals surface area (Å²) in [4.78, 5) is 24.8. The van der Waals surface area contributed by atoms with Crippen molar-refractivity contribution < 1.29 is 14.7 Å². The molecule has 5 heteroatoms. The molecule has 1 aliphatic carbocycles. The van der Waals surface area contributed by atoms with Crippen molar-refractivity contribution in [1.82, 2.24) is 10.2 Å². The van der Waals surface area contributed by atoms with Crippen molar-refractivity contribution in [2.24, 2.45) is 11.8 Å². The summed E-state index contributed by atoms with van der Waals surface area (Å²) >= 11 is 0. The number of nitrogens with one attached hydrogen (secondary N) is 1. The summed E-state index contributed by atoms with van der Waals surface area (Å²) in [6.07, 6.45) is 2.46. The molecule has 1 aliphatic heterocycles. The van der Waals surface area contributed by atoms with Crippen molar-refractivity contribution in [3.05, 3.63) is 0 Å². The smallest absolute Gasteiger partial charge is 0.307 e. The number of hydrogen-bond acceptors (Lipinski definition) is 3. The monoisotopic (exact) mass is 240 g/mol. The van der Waals surface area contributed by atoms with Crippen LogP contribution in [0.2, 0.25) is 0 Å². The van der Waals surface area contributed by atoms with Gasteiger partial charge in [0, 0.05) is 19.1 Å². The molecule has 0 spiro atoms. The average Bonchev–Trinajstić information content (AvgIpc) is 3.10. The third-order valence-electron chi connectivity index (χ3n) is 3.83. The molecule has 2 atom stereocenters. The fourth-order valence-electron chi connectivity index (χ4n) is 2.46. The van der Waals surface area contributed by atoms with Gasteiger partial charge in [-0.25, -0.2) is 0 Å². The van der Waals surface area contributed by atoms with E-state index in [-0.39, 0.29) is 17.9 Å². The molecule has 2 N–H and O–H groups in total. The first kappa shape index (κ1) is 12.4. The Balaban J connectivity index is 1.72. The van der Waals surface area contributed by atoms with Gasteiger partial charge >= 0.3 is 5.97 Å². The summed E-state index contributed by atoms with van der Waals surface area (Å²) in [5.74, 6) is -1.62. The number of amides is 1. The zero-order valence-corrected chi connectivity index (χ0v) is 10.2. The van der Waals surface area contributed by atoms with Gasteiger partial charge in [0.1, 0.15) is 0 Å². The Morgan fingerprint density at radius 3 is 2.41 bits per heavy atom. The quantitative estimate of drug-likeness (QED) is 0.742. The molecule has 0 radical (unpaired) electrons. The lowest BCUT2D eigenvalue weighted by molar-refractivity contribution is -0.140. The highest BCUT2D eigenvalue weighted by Crippen LogP contribution is 2.38. The number of carbonyl (C=O) groups is 2. The van der Waals surface area contributed by atoms with E-state index in [0.29, 0.717) is 6.42 Å². The van der Waals surface area contributed by atoms with Crippen LogP contribution in [0.5, 0.6) is 0 Å². The van der Waals surface area contributed by atoms with Crippen molar-refractivity contribution in [3.63, 3.8) is 0 Å². The standard InChI is InChI=1S/C12H20N2O3/c1-2-14-5-3-8(4-6-14)13-11(15)9-7-10(9)12(16)17/h8-10H,2-7H2,1H3,(H,13,15)(H,16,17). The molecule has 17 heavy (non-hydrogen) atoms. The predicted octanol–water partition coefficient (Wildman–Crippen LogP) is 0.308. The highest BCUT2D eigenvalue weighted by molar-refractivity contribution is 5.89. The number of carboxylic acids is 1. The summed E-state index contributed by atoms with van der Waals surface area (Å²) < 4.78 is 0. The molecule has 0 aromatic rings. The third-order valence-corrected chi connectivity index (χ3v) is 3.83. The number of hydrogen-bond donors (Lipinski definition) is 2. The zero-order valence-electron chi connectivity index (χ0n) is 10.2. The molecule has 1 saturated heterocycles. The van der Waals surface area contributed by atoms with Gasteiger partial charge in [0.05, 0.1) is 11.8 Å². The highest BCUT2D eigenvalue weighted by Gasteiger charge is 2.48. The second-order valence-electron chi connectivity index (χ2n) is 5.00. The van der Waals surface area contributed by atoms with Gasteiger partial charge < -0.3 is 15.3 Å². The molecule has 2 rings (SSSR count). The van der Waals surface area contributed by atoms with Crippen molar-refractivity contribution in [3.8, 4) is 0 Å². The van der Waals surface area contributed by atoms with Crippen LogP contribution in [0.4, 0.5) is 0 Å². The van der Waals surface area contributed by atoms with E-state index in [1.165, 1.54) is 0 Å². The first-order valence-electron chi connectivity index (χ1n) is 6.37. The van der Waals surface area contributed by atoms with E-state index in [9.17, 15) is 9.59 Å². The second-order valence-corrected chi connectivity index (χ2v) is 5.00. The molecule has 0 aromatic heterocycles. The Morgan fingerprint density at radius 1 is 1.29 bits per heavy atom. The van der Waals surface area contributed by atoms with E-state index in [4.69, 9.17) is 5.11 Å². The molecule has 1 saturated carbocycles. The summed E-state index contributed by atoms with van der Waals surface area (Å²) in [6.45, 7) is 5.24. The Morgan fingerprint density at radius 2 is 1.94 bits per heavy atom. The van der Waals surface area contributed by atoms with Gasteiger partial charge in [-0.05, 0) is 25.8 Å². The number of aliphatic carboxylic acids is 1. The van der Waals surface area contributed by atoms with Crippen LogP contribution < -0.4 is 5.32 Å². The third kappa shape index (κ3) is 2.97. The lowest BCUT2D eigenvalue weighted by Gasteiger charge is -2.31. The topological polar surface area (TPSA) is 69.6 Å². The van der Waals surface area contributed by atoms with Crippen LogP contribution in [-0.2, 0) is 9.59 Å². The number of nitrogens with zero attached hydrogens (tertiary/aromatic N) is 1. The molecule has 5 nitrogen and oxygen atoms in total. The molecule has 1 heterocycles. The Bertz CT molecular complexity index is 311. The lowest BCUT2D eigenvalue weighted by Crippen LogP contribution is -2.45. The van der Waals surface area contributed by atoms with E-state index < -0.39 is 11.9 Å². The van der Waals surface area contributed by atoms with Crippen LogP contribution in [-0.4, -0.2) is 47.6 Å². The van der Waals surface area contributed by atoms with Crippen molar-refractivity contribution in [2.75, 3.05) is 19.6 Å². The molecule has 96 valence electrons. The van der Waals surface area contributed by atoms with Gasteiger partial charge in [-0.15, -0.1) is 0 Å². The summed E-state index contributed by atoms with van der Waals surface area (Å²) in [6, 6.07) is 0.236. The van der Waals surface area contributed by atoms with Crippen LogP contribution in [0.1, 0.15) is 26.2 Å². The molecular formula is C12H20N2O3. The molecule has 2 aliphatic rings. The fraction of sp³-hybridized carbons (Fsp3) is 0.833. The summed E-state index contributed by atoms with van der Waals surface area (Å²) in [5.41, 5.74) is 0.